The molecule has 2 heteroatoms. The lowest BCUT2D eigenvalue weighted by atomic mass is 9.86. The Bertz CT molecular complexity index is 135. The normalized spacial score (nSPS) is 24.2. The van der Waals surface area contributed by atoms with Gasteiger partial charge >= 0.3 is 0 Å². The Morgan fingerprint density at radius 2 is 1.85 bits per heavy atom. The Balaban J connectivity index is 2.39. The van der Waals surface area contributed by atoms with Crippen LogP contribution in [0.15, 0.2) is 0 Å². The highest BCUT2D eigenvalue weighted by Crippen LogP contribution is 2.32. The molecule has 0 aromatic carbocycles. The van der Waals surface area contributed by atoms with Gasteiger partial charge in [0.25, 0.3) is 0 Å². The van der Waals surface area contributed by atoms with Crippen LogP contribution in [-0.2, 0) is 9.47 Å². The van der Waals surface area contributed by atoms with Gasteiger partial charge in [0, 0.05) is 7.11 Å². The van der Waals surface area contributed by atoms with Crippen LogP contribution in [0.3, 0.4) is 0 Å². The molecular weight excluding hydrogens is 164 g/mol. The zero-order valence-corrected chi connectivity index (χ0v) is 9.14. The molecule has 1 rings (SSSR count). The van der Waals surface area contributed by atoms with Crippen molar-refractivity contribution < 1.29 is 9.47 Å². The first-order valence-corrected chi connectivity index (χ1v) is 5.41. The number of methoxy groups -OCH3 is 1. The van der Waals surface area contributed by atoms with Crippen LogP contribution >= 0.6 is 0 Å². The van der Waals surface area contributed by atoms with E-state index in [0.29, 0.717) is 0 Å². The van der Waals surface area contributed by atoms with Crippen molar-refractivity contribution in [3.8, 4) is 0 Å². The summed E-state index contributed by atoms with van der Waals surface area (Å²) in [6.45, 7) is 4.31. The largest absolute Gasteiger partial charge is 0.356 e. The summed E-state index contributed by atoms with van der Waals surface area (Å²) in [5.74, 6) is 0. The molecule has 0 aromatic heterocycles. The number of hydrogen-bond acceptors (Lipinski definition) is 2. The van der Waals surface area contributed by atoms with Gasteiger partial charge in [-0.25, -0.2) is 0 Å². The lowest BCUT2D eigenvalue weighted by molar-refractivity contribution is -0.203. The summed E-state index contributed by atoms with van der Waals surface area (Å²) in [5.41, 5.74) is 0.0783. The summed E-state index contributed by atoms with van der Waals surface area (Å²) in [5, 5.41) is 0. The molecule has 13 heavy (non-hydrogen) atoms. The van der Waals surface area contributed by atoms with E-state index in [1.807, 2.05) is 0 Å². The fourth-order valence-corrected chi connectivity index (χ4v) is 2.03. The molecule has 0 saturated heterocycles. The summed E-state index contributed by atoms with van der Waals surface area (Å²) >= 11 is 0. The number of rotatable bonds is 4. The molecule has 1 fully saturated rings. The molecule has 0 bridgehead atoms. The van der Waals surface area contributed by atoms with Crippen molar-refractivity contribution in [3.63, 3.8) is 0 Å². The van der Waals surface area contributed by atoms with Crippen molar-refractivity contribution in [2.24, 2.45) is 0 Å². The average molecular weight is 186 g/mol. The highest BCUT2D eigenvalue weighted by atomic mass is 16.7. The van der Waals surface area contributed by atoms with E-state index in [-0.39, 0.29) is 11.9 Å². The molecule has 1 aliphatic rings. The Labute approximate surface area is 81.6 Å². The van der Waals surface area contributed by atoms with Gasteiger partial charge in [-0.2, -0.15) is 0 Å². The van der Waals surface area contributed by atoms with Crippen molar-refractivity contribution in [2.45, 2.75) is 64.3 Å². The monoisotopic (exact) mass is 186 g/mol. The third-order valence-corrected chi connectivity index (χ3v) is 2.92. The molecule has 0 heterocycles. The third-order valence-electron chi connectivity index (χ3n) is 2.92. The van der Waals surface area contributed by atoms with Crippen LogP contribution in [0.25, 0.3) is 0 Å². The van der Waals surface area contributed by atoms with Crippen LogP contribution in [-0.4, -0.2) is 19.0 Å². The van der Waals surface area contributed by atoms with Gasteiger partial charge in [0.1, 0.15) is 0 Å². The van der Waals surface area contributed by atoms with E-state index in [4.69, 9.17) is 9.47 Å². The van der Waals surface area contributed by atoms with Gasteiger partial charge in [-0.05, 0) is 26.2 Å². The predicted molar refractivity (Wildman–Crippen MR) is 53.7 cm³/mol. The minimum Gasteiger partial charge on any atom is -0.356 e. The van der Waals surface area contributed by atoms with Crippen LogP contribution in [0, 0.1) is 0 Å². The number of hydrogen-bond donors (Lipinski definition) is 0. The Morgan fingerprint density at radius 1 is 1.23 bits per heavy atom. The molecule has 0 aliphatic heterocycles. The quantitative estimate of drug-likeness (QED) is 0.628. The van der Waals surface area contributed by atoms with E-state index in [9.17, 15) is 0 Å². The molecule has 0 spiro atoms. The predicted octanol–water partition coefficient (Wildman–Crippen LogP) is 3.11. The minimum atomic E-state index is -0.0110. The minimum absolute atomic E-state index is 0.0110. The van der Waals surface area contributed by atoms with Gasteiger partial charge in [-0.3, -0.25) is 0 Å². The second kappa shape index (κ2) is 4.97. The molecule has 0 aromatic rings. The van der Waals surface area contributed by atoms with Crippen molar-refractivity contribution in [3.05, 3.63) is 0 Å². The average Bonchev–Trinajstić information content (AvgIpc) is 2.15. The van der Waals surface area contributed by atoms with Crippen molar-refractivity contribution in [2.75, 3.05) is 7.11 Å². The van der Waals surface area contributed by atoms with E-state index in [2.05, 4.69) is 13.8 Å². The standard InChI is InChI=1S/C11H22O2/c1-4-10(12-3)13-11(2)8-6-5-7-9-11/h10H,4-9H2,1-3H3. The molecule has 1 unspecified atom stereocenters. The lowest BCUT2D eigenvalue weighted by Gasteiger charge is -2.36. The maximum absolute atomic E-state index is 5.96. The third kappa shape index (κ3) is 3.28. The summed E-state index contributed by atoms with van der Waals surface area (Å²) in [6, 6.07) is 0. The zero-order chi connectivity index (χ0) is 9.73. The maximum Gasteiger partial charge on any atom is 0.157 e. The van der Waals surface area contributed by atoms with Gasteiger partial charge < -0.3 is 9.47 Å². The van der Waals surface area contributed by atoms with Crippen LogP contribution in [0.5, 0.6) is 0 Å². The highest BCUT2D eigenvalue weighted by Gasteiger charge is 2.30. The zero-order valence-electron chi connectivity index (χ0n) is 9.14. The molecular formula is C11H22O2. The van der Waals surface area contributed by atoms with Gasteiger partial charge in [0.05, 0.1) is 5.60 Å². The number of ether oxygens (including phenoxy) is 2. The summed E-state index contributed by atoms with van der Waals surface area (Å²) in [7, 11) is 1.72. The smallest absolute Gasteiger partial charge is 0.157 e. The topological polar surface area (TPSA) is 18.5 Å². The highest BCUT2D eigenvalue weighted by molar-refractivity contribution is 4.79. The molecule has 1 aliphatic carbocycles. The SMILES string of the molecule is CCC(OC)OC1(C)CCCCC1. The van der Waals surface area contributed by atoms with Crippen molar-refractivity contribution in [1.82, 2.24) is 0 Å². The Morgan fingerprint density at radius 3 is 2.31 bits per heavy atom. The first-order chi connectivity index (χ1) is 6.20. The van der Waals surface area contributed by atoms with Crippen LogP contribution in [0.2, 0.25) is 0 Å². The Hall–Kier alpha value is -0.0800. The fraction of sp³-hybridized carbons (Fsp3) is 1.00. The Kier molecular flexibility index (Phi) is 4.20. The lowest BCUT2D eigenvalue weighted by Crippen LogP contribution is -2.36. The molecule has 0 amide bonds. The fourth-order valence-electron chi connectivity index (χ4n) is 2.03. The van der Waals surface area contributed by atoms with Crippen molar-refractivity contribution >= 4 is 0 Å². The maximum atomic E-state index is 5.96. The molecule has 0 N–H and O–H groups in total. The van der Waals surface area contributed by atoms with Crippen LogP contribution in [0.4, 0.5) is 0 Å². The molecule has 1 saturated carbocycles. The summed E-state index contributed by atoms with van der Waals surface area (Å²) in [4.78, 5) is 0. The van der Waals surface area contributed by atoms with E-state index >= 15 is 0 Å². The second-order valence-electron chi connectivity index (χ2n) is 4.20. The summed E-state index contributed by atoms with van der Waals surface area (Å²) < 4.78 is 11.2. The second-order valence-corrected chi connectivity index (χ2v) is 4.20. The van der Waals surface area contributed by atoms with Crippen LogP contribution < -0.4 is 0 Å². The van der Waals surface area contributed by atoms with E-state index in [1.54, 1.807) is 7.11 Å². The van der Waals surface area contributed by atoms with Gasteiger partial charge in [-0.15, -0.1) is 0 Å². The van der Waals surface area contributed by atoms with Gasteiger partial charge in [-0.1, -0.05) is 26.2 Å². The first kappa shape index (κ1) is 11.0. The molecule has 0 radical (unpaired) electrons. The summed E-state index contributed by atoms with van der Waals surface area (Å²) in [6.07, 6.45) is 7.27. The van der Waals surface area contributed by atoms with Gasteiger partial charge in [0.2, 0.25) is 0 Å². The van der Waals surface area contributed by atoms with E-state index in [1.165, 1.54) is 32.1 Å². The van der Waals surface area contributed by atoms with Crippen molar-refractivity contribution in [1.29, 1.82) is 0 Å². The molecule has 1 atom stereocenters. The van der Waals surface area contributed by atoms with E-state index in [0.717, 1.165) is 6.42 Å². The molecule has 78 valence electrons. The van der Waals surface area contributed by atoms with Gasteiger partial charge in [0.15, 0.2) is 6.29 Å². The molecule has 2 nitrogen and oxygen atoms in total. The van der Waals surface area contributed by atoms with Crippen LogP contribution in [0.1, 0.15) is 52.4 Å². The first-order valence-electron chi connectivity index (χ1n) is 5.41. The van der Waals surface area contributed by atoms with E-state index < -0.39 is 0 Å².